The molecular weight excluding hydrogens is 200 g/mol. The lowest BCUT2D eigenvalue weighted by molar-refractivity contribution is 0.103. The summed E-state index contributed by atoms with van der Waals surface area (Å²) < 4.78 is 0. The predicted octanol–water partition coefficient (Wildman–Crippen LogP) is 2.20. The normalized spacial score (nSPS) is 10.1. The summed E-state index contributed by atoms with van der Waals surface area (Å²) in [4.78, 5) is 16.1. The third-order valence-electron chi connectivity index (χ3n) is 2.40. The van der Waals surface area contributed by atoms with Crippen molar-refractivity contribution in [2.75, 3.05) is 5.73 Å². The highest BCUT2D eigenvalue weighted by molar-refractivity contribution is 6.09. The Bertz CT molecular complexity index is 521. The first-order chi connectivity index (χ1) is 7.68. The van der Waals surface area contributed by atoms with Crippen LogP contribution in [-0.2, 0) is 0 Å². The van der Waals surface area contributed by atoms with E-state index >= 15 is 0 Å². The Morgan fingerprint density at radius 3 is 2.75 bits per heavy atom. The molecule has 0 saturated heterocycles. The smallest absolute Gasteiger partial charge is 0.211 e. The molecule has 0 radical (unpaired) electrons. The second-order valence-electron chi connectivity index (χ2n) is 3.62. The van der Waals surface area contributed by atoms with E-state index in [0.717, 1.165) is 5.56 Å². The highest BCUT2D eigenvalue weighted by Crippen LogP contribution is 2.15. The average molecular weight is 212 g/mol. The van der Waals surface area contributed by atoms with E-state index in [2.05, 4.69) is 4.98 Å². The maximum Gasteiger partial charge on any atom is 0.211 e. The quantitative estimate of drug-likeness (QED) is 0.613. The van der Waals surface area contributed by atoms with Gasteiger partial charge in [0.1, 0.15) is 5.69 Å². The van der Waals surface area contributed by atoms with Gasteiger partial charge >= 0.3 is 0 Å². The third-order valence-corrected chi connectivity index (χ3v) is 2.40. The summed E-state index contributed by atoms with van der Waals surface area (Å²) in [5.41, 5.74) is 8.22. The third kappa shape index (κ3) is 1.93. The molecule has 0 spiro atoms. The van der Waals surface area contributed by atoms with Gasteiger partial charge in [-0.3, -0.25) is 9.78 Å². The minimum Gasteiger partial charge on any atom is -0.399 e. The lowest BCUT2D eigenvalue weighted by Gasteiger charge is -2.05. The Labute approximate surface area is 93.9 Å². The zero-order valence-corrected chi connectivity index (χ0v) is 8.97. The molecule has 0 amide bonds. The fourth-order valence-electron chi connectivity index (χ4n) is 1.52. The molecule has 1 heterocycles. The molecule has 0 aliphatic rings. The van der Waals surface area contributed by atoms with E-state index < -0.39 is 0 Å². The number of pyridine rings is 1. The van der Waals surface area contributed by atoms with E-state index in [-0.39, 0.29) is 5.78 Å². The molecule has 2 N–H and O–H groups in total. The highest BCUT2D eigenvalue weighted by atomic mass is 16.1. The van der Waals surface area contributed by atoms with Crippen LogP contribution in [0, 0.1) is 6.92 Å². The molecule has 2 aromatic rings. The lowest BCUT2D eigenvalue weighted by Crippen LogP contribution is -2.06. The Balaban J connectivity index is 2.46. The standard InChI is InChI=1S/C13H12N2O/c1-9-5-6-10(14)8-11(9)13(16)12-4-2-3-7-15-12/h2-8H,14H2,1H3. The molecule has 0 atom stereocenters. The number of anilines is 1. The van der Waals surface area contributed by atoms with Gasteiger partial charge in [0, 0.05) is 17.4 Å². The van der Waals surface area contributed by atoms with Gasteiger partial charge < -0.3 is 5.73 Å². The van der Waals surface area contributed by atoms with Gasteiger partial charge in [0.2, 0.25) is 5.78 Å². The molecule has 80 valence electrons. The summed E-state index contributed by atoms with van der Waals surface area (Å²) in [6.45, 7) is 1.88. The van der Waals surface area contributed by atoms with E-state index in [1.54, 1.807) is 36.5 Å². The first-order valence-electron chi connectivity index (χ1n) is 5.00. The van der Waals surface area contributed by atoms with Gasteiger partial charge in [-0.2, -0.15) is 0 Å². The van der Waals surface area contributed by atoms with Gasteiger partial charge in [-0.05, 0) is 36.8 Å². The number of ketones is 1. The molecule has 0 aliphatic heterocycles. The van der Waals surface area contributed by atoms with E-state index in [4.69, 9.17) is 5.73 Å². The number of aromatic nitrogens is 1. The minimum absolute atomic E-state index is 0.0922. The summed E-state index contributed by atoms with van der Waals surface area (Å²) in [7, 11) is 0. The van der Waals surface area contributed by atoms with Gasteiger partial charge in [-0.1, -0.05) is 12.1 Å². The average Bonchev–Trinajstić information content (AvgIpc) is 2.32. The Morgan fingerprint density at radius 2 is 2.06 bits per heavy atom. The number of nitrogens with zero attached hydrogens (tertiary/aromatic N) is 1. The van der Waals surface area contributed by atoms with Crippen LogP contribution in [0.4, 0.5) is 5.69 Å². The van der Waals surface area contributed by atoms with Gasteiger partial charge in [0.05, 0.1) is 0 Å². The van der Waals surface area contributed by atoms with Gasteiger partial charge in [-0.15, -0.1) is 0 Å². The van der Waals surface area contributed by atoms with Crippen LogP contribution in [0.3, 0.4) is 0 Å². The summed E-state index contributed by atoms with van der Waals surface area (Å²) in [6.07, 6.45) is 1.61. The molecular formula is C13H12N2O. The Hall–Kier alpha value is -2.16. The number of hydrogen-bond donors (Lipinski definition) is 1. The number of carbonyl (C=O) groups excluding carboxylic acids is 1. The molecule has 3 heteroatoms. The Kier molecular flexibility index (Phi) is 2.68. The van der Waals surface area contributed by atoms with Crippen LogP contribution in [0.5, 0.6) is 0 Å². The maximum absolute atomic E-state index is 12.1. The molecule has 3 nitrogen and oxygen atoms in total. The second-order valence-corrected chi connectivity index (χ2v) is 3.62. The summed E-state index contributed by atoms with van der Waals surface area (Å²) in [5, 5.41) is 0. The van der Waals surface area contributed by atoms with Crippen LogP contribution in [0.2, 0.25) is 0 Å². The molecule has 1 aromatic carbocycles. The molecule has 2 rings (SSSR count). The molecule has 16 heavy (non-hydrogen) atoms. The first kappa shape index (κ1) is 10.4. The number of aryl methyl sites for hydroxylation is 1. The molecule has 0 saturated carbocycles. The largest absolute Gasteiger partial charge is 0.399 e. The van der Waals surface area contributed by atoms with E-state index in [0.29, 0.717) is 16.9 Å². The number of carbonyl (C=O) groups is 1. The van der Waals surface area contributed by atoms with Crippen molar-refractivity contribution in [2.45, 2.75) is 6.92 Å². The van der Waals surface area contributed by atoms with Crippen molar-refractivity contribution >= 4 is 11.5 Å². The molecule has 0 aliphatic carbocycles. The zero-order chi connectivity index (χ0) is 11.5. The van der Waals surface area contributed by atoms with Crippen molar-refractivity contribution in [3.63, 3.8) is 0 Å². The molecule has 0 unspecified atom stereocenters. The van der Waals surface area contributed by atoms with Crippen molar-refractivity contribution in [3.05, 3.63) is 59.4 Å². The molecule has 0 bridgehead atoms. The van der Waals surface area contributed by atoms with Crippen molar-refractivity contribution in [3.8, 4) is 0 Å². The van der Waals surface area contributed by atoms with E-state index in [1.165, 1.54) is 0 Å². The van der Waals surface area contributed by atoms with Crippen molar-refractivity contribution < 1.29 is 4.79 Å². The van der Waals surface area contributed by atoms with Gasteiger partial charge in [-0.25, -0.2) is 0 Å². The molecule has 1 aromatic heterocycles. The summed E-state index contributed by atoms with van der Waals surface area (Å²) >= 11 is 0. The van der Waals surface area contributed by atoms with Crippen LogP contribution in [-0.4, -0.2) is 10.8 Å². The number of hydrogen-bond acceptors (Lipinski definition) is 3. The second kappa shape index (κ2) is 4.14. The van der Waals surface area contributed by atoms with E-state index in [9.17, 15) is 4.79 Å². The van der Waals surface area contributed by atoms with E-state index in [1.807, 2.05) is 13.0 Å². The summed E-state index contributed by atoms with van der Waals surface area (Å²) in [5.74, 6) is -0.0922. The number of nitrogens with two attached hydrogens (primary N) is 1. The predicted molar refractivity (Wildman–Crippen MR) is 63.3 cm³/mol. The monoisotopic (exact) mass is 212 g/mol. The van der Waals surface area contributed by atoms with Crippen molar-refractivity contribution in [2.24, 2.45) is 0 Å². The van der Waals surface area contributed by atoms with Crippen LogP contribution in [0.25, 0.3) is 0 Å². The number of nitrogen functional groups attached to an aromatic ring is 1. The maximum atomic E-state index is 12.1. The minimum atomic E-state index is -0.0922. The zero-order valence-electron chi connectivity index (χ0n) is 8.97. The number of rotatable bonds is 2. The lowest BCUT2D eigenvalue weighted by atomic mass is 10.0. The fraction of sp³-hybridized carbons (Fsp3) is 0.0769. The van der Waals surface area contributed by atoms with Crippen LogP contribution >= 0.6 is 0 Å². The summed E-state index contributed by atoms with van der Waals surface area (Å²) in [6, 6.07) is 10.6. The Morgan fingerprint density at radius 1 is 1.25 bits per heavy atom. The first-order valence-corrected chi connectivity index (χ1v) is 5.00. The van der Waals surface area contributed by atoms with Gasteiger partial charge in [0.15, 0.2) is 0 Å². The van der Waals surface area contributed by atoms with Gasteiger partial charge in [0.25, 0.3) is 0 Å². The topological polar surface area (TPSA) is 56.0 Å². The van der Waals surface area contributed by atoms with Crippen LogP contribution in [0.15, 0.2) is 42.6 Å². The van der Waals surface area contributed by atoms with Crippen LogP contribution < -0.4 is 5.73 Å². The fourth-order valence-corrected chi connectivity index (χ4v) is 1.52. The van der Waals surface area contributed by atoms with Crippen molar-refractivity contribution in [1.29, 1.82) is 0 Å². The van der Waals surface area contributed by atoms with Crippen LogP contribution in [0.1, 0.15) is 21.6 Å². The highest BCUT2D eigenvalue weighted by Gasteiger charge is 2.12. The SMILES string of the molecule is Cc1ccc(N)cc1C(=O)c1ccccn1. The number of benzene rings is 1. The van der Waals surface area contributed by atoms with Crippen molar-refractivity contribution in [1.82, 2.24) is 4.98 Å². The molecule has 0 fully saturated rings.